The van der Waals surface area contributed by atoms with E-state index in [-0.39, 0.29) is 5.91 Å². The predicted octanol–water partition coefficient (Wildman–Crippen LogP) is 4.90. The smallest absolute Gasteiger partial charge is 0.255 e. The third-order valence-electron chi connectivity index (χ3n) is 4.56. The molecular weight excluding hydrogens is 398 g/mol. The summed E-state index contributed by atoms with van der Waals surface area (Å²) in [6, 6.07) is 18.8. The third-order valence-corrected chi connectivity index (χ3v) is 5.60. The van der Waals surface area contributed by atoms with E-state index in [1.807, 2.05) is 59.3 Å². The van der Waals surface area contributed by atoms with Gasteiger partial charge in [0, 0.05) is 40.4 Å². The van der Waals surface area contributed by atoms with Crippen LogP contribution in [-0.2, 0) is 5.75 Å². The number of hydrogen-bond acceptors (Lipinski definition) is 5. The van der Waals surface area contributed by atoms with Crippen LogP contribution >= 0.6 is 11.8 Å². The van der Waals surface area contributed by atoms with E-state index in [1.165, 1.54) is 0 Å². The molecule has 0 aliphatic rings. The van der Waals surface area contributed by atoms with Gasteiger partial charge in [-0.1, -0.05) is 6.07 Å². The molecule has 2 heterocycles. The van der Waals surface area contributed by atoms with E-state index in [9.17, 15) is 4.79 Å². The zero-order chi connectivity index (χ0) is 20.9. The zero-order valence-electron chi connectivity index (χ0n) is 16.7. The van der Waals surface area contributed by atoms with Crippen molar-refractivity contribution in [2.45, 2.75) is 10.6 Å². The lowest BCUT2D eigenvalue weighted by Crippen LogP contribution is -2.11. The molecule has 6 nitrogen and oxygen atoms in total. The minimum Gasteiger partial charge on any atom is -0.493 e. The number of carbonyl (C=O) groups is 1. The Hall–Kier alpha value is -3.45. The van der Waals surface area contributed by atoms with Crippen LogP contribution in [-0.4, -0.2) is 29.5 Å². The Morgan fingerprint density at radius 2 is 1.83 bits per heavy atom. The van der Waals surface area contributed by atoms with E-state index >= 15 is 0 Å². The van der Waals surface area contributed by atoms with Crippen molar-refractivity contribution in [1.29, 1.82) is 0 Å². The summed E-state index contributed by atoms with van der Waals surface area (Å²) in [5, 5.41) is 2.88. The van der Waals surface area contributed by atoms with Crippen molar-refractivity contribution in [1.82, 2.24) is 9.38 Å². The Balaban J connectivity index is 1.38. The molecule has 0 aliphatic heterocycles. The molecule has 0 unspecified atom stereocenters. The van der Waals surface area contributed by atoms with Crippen LogP contribution in [0.25, 0.3) is 5.65 Å². The van der Waals surface area contributed by atoms with Gasteiger partial charge in [-0.2, -0.15) is 0 Å². The summed E-state index contributed by atoms with van der Waals surface area (Å²) in [6.45, 7) is 0. The van der Waals surface area contributed by atoms with E-state index in [1.54, 1.807) is 44.2 Å². The second kappa shape index (κ2) is 8.92. The van der Waals surface area contributed by atoms with Gasteiger partial charge in [0.1, 0.15) is 5.65 Å². The zero-order valence-corrected chi connectivity index (χ0v) is 17.5. The monoisotopic (exact) mass is 419 g/mol. The molecule has 0 saturated carbocycles. The molecule has 0 aliphatic carbocycles. The average Bonchev–Trinajstić information content (AvgIpc) is 3.21. The molecule has 7 heteroatoms. The van der Waals surface area contributed by atoms with Crippen LogP contribution in [0.2, 0.25) is 0 Å². The van der Waals surface area contributed by atoms with Crippen molar-refractivity contribution in [3.63, 3.8) is 0 Å². The molecule has 0 saturated heterocycles. The first-order valence-corrected chi connectivity index (χ1v) is 10.3. The molecule has 0 fully saturated rings. The fraction of sp³-hybridized carbons (Fsp3) is 0.130. The SMILES string of the molecule is COc1ccc(NC(=O)c2ccc(SCc3cn4ccccc4n3)cc2)cc1OC. The number of methoxy groups -OCH3 is 2. The number of amides is 1. The van der Waals surface area contributed by atoms with Gasteiger partial charge in [-0.3, -0.25) is 4.79 Å². The highest BCUT2D eigenvalue weighted by Gasteiger charge is 2.10. The Morgan fingerprint density at radius 1 is 1.03 bits per heavy atom. The molecule has 4 rings (SSSR count). The predicted molar refractivity (Wildman–Crippen MR) is 119 cm³/mol. The molecule has 1 N–H and O–H groups in total. The number of nitrogens with zero attached hydrogens (tertiary/aromatic N) is 2. The summed E-state index contributed by atoms with van der Waals surface area (Å²) in [5.74, 6) is 1.76. The van der Waals surface area contributed by atoms with E-state index in [2.05, 4.69) is 10.3 Å². The lowest BCUT2D eigenvalue weighted by atomic mass is 10.2. The minimum absolute atomic E-state index is 0.181. The number of rotatable bonds is 7. The first-order chi connectivity index (χ1) is 14.7. The molecule has 30 heavy (non-hydrogen) atoms. The van der Waals surface area contributed by atoms with E-state index in [0.29, 0.717) is 22.7 Å². The van der Waals surface area contributed by atoms with Crippen LogP contribution in [0, 0.1) is 0 Å². The highest BCUT2D eigenvalue weighted by atomic mass is 32.2. The maximum Gasteiger partial charge on any atom is 0.255 e. The van der Waals surface area contributed by atoms with Gasteiger partial charge >= 0.3 is 0 Å². The second-order valence-corrected chi connectivity index (χ2v) is 7.58. The van der Waals surface area contributed by atoms with Gasteiger partial charge in [-0.25, -0.2) is 4.98 Å². The second-order valence-electron chi connectivity index (χ2n) is 6.54. The standard InChI is InChI=1S/C23H21N3O3S/c1-28-20-11-8-17(13-21(20)29-2)25-23(27)16-6-9-19(10-7-16)30-15-18-14-26-12-4-3-5-22(26)24-18/h3-14H,15H2,1-2H3,(H,25,27). The number of pyridine rings is 1. The number of anilines is 1. The summed E-state index contributed by atoms with van der Waals surface area (Å²) in [4.78, 5) is 18.2. The van der Waals surface area contributed by atoms with Gasteiger partial charge in [0.15, 0.2) is 11.5 Å². The molecule has 0 atom stereocenters. The highest BCUT2D eigenvalue weighted by Crippen LogP contribution is 2.30. The first-order valence-electron chi connectivity index (χ1n) is 9.35. The minimum atomic E-state index is -0.181. The summed E-state index contributed by atoms with van der Waals surface area (Å²) in [6.07, 6.45) is 4.02. The molecule has 152 valence electrons. The van der Waals surface area contributed by atoms with Gasteiger partial charge in [-0.05, 0) is 48.5 Å². The van der Waals surface area contributed by atoms with Crippen molar-refractivity contribution in [3.8, 4) is 11.5 Å². The molecule has 0 spiro atoms. The number of benzene rings is 2. The summed E-state index contributed by atoms with van der Waals surface area (Å²) in [7, 11) is 3.14. The molecule has 4 aromatic rings. The number of thioether (sulfide) groups is 1. The van der Waals surface area contributed by atoms with Gasteiger partial charge in [0.2, 0.25) is 0 Å². The van der Waals surface area contributed by atoms with Gasteiger partial charge in [0.05, 0.1) is 19.9 Å². The Labute approximate surface area is 178 Å². The largest absolute Gasteiger partial charge is 0.493 e. The van der Waals surface area contributed by atoms with Crippen molar-refractivity contribution < 1.29 is 14.3 Å². The van der Waals surface area contributed by atoms with Crippen molar-refractivity contribution in [2.75, 3.05) is 19.5 Å². The number of aromatic nitrogens is 2. The average molecular weight is 420 g/mol. The fourth-order valence-corrected chi connectivity index (χ4v) is 3.82. The molecule has 0 bridgehead atoms. The maximum absolute atomic E-state index is 12.6. The number of carbonyl (C=O) groups excluding carboxylic acids is 1. The van der Waals surface area contributed by atoms with Crippen LogP contribution in [0.4, 0.5) is 5.69 Å². The number of hydrogen-bond donors (Lipinski definition) is 1. The van der Waals surface area contributed by atoms with Gasteiger partial charge in [-0.15, -0.1) is 11.8 Å². The number of imidazole rings is 1. The van der Waals surface area contributed by atoms with Crippen molar-refractivity contribution in [3.05, 3.63) is 84.3 Å². The highest BCUT2D eigenvalue weighted by molar-refractivity contribution is 7.98. The van der Waals surface area contributed by atoms with E-state index in [0.717, 1.165) is 22.0 Å². The molecule has 2 aromatic carbocycles. The molecular formula is C23H21N3O3S. The van der Waals surface area contributed by atoms with Gasteiger partial charge < -0.3 is 19.2 Å². The Bertz CT molecular complexity index is 1140. The van der Waals surface area contributed by atoms with Crippen LogP contribution in [0.3, 0.4) is 0 Å². The van der Waals surface area contributed by atoms with Crippen LogP contribution < -0.4 is 14.8 Å². The number of fused-ring (bicyclic) bond motifs is 1. The number of ether oxygens (including phenoxy) is 2. The third kappa shape index (κ3) is 4.41. The van der Waals surface area contributed by atoms with Crippen molar-refractivity contribution >= 4 is 29.0 Å². The normalized spacial score (nSPS) is 10.7. The molecule has 2 aromatic heterocycles. The summed E-state index contributed by atoms with van der Waals surface area (Å²) >= 11 is 1.68. The summed E-state index contributed by atoms with van der Waals surface area (Å²) < 4.78 is 12.5. The van der Waals surface area contributed by atoms with Crippen LogP contribution in [0.5, 0.6) is 11.5 Å². The van der Waals surface area contributed by atoms with Crippen LogP contribution in [0.15, 0.2) is 78.0 Å². The summed E-state index contributed by atoms with van der Waals surface area (Å²) in [5.41, 5.74) is 3.18. The fourth-order valence-electron chi connectivity index (χ4n) is 3.03. The lowest BCUT2D eigenvalue weighted by molar-refractivity contribution is 0.102. The van der Waals surface area contributed by atoms with Crippen molar-refractivity contribution in [2.24, 2.45) is 0 Å². The van der Waals surface area contributed by atoms with Gasteiger partial charge in [0.25, 0.3) is 5.91 Å². The first kappa shape index (κ1) is 19.8. The Kier molecular flexibility index (Phi) is 5.90. The lowest BCUT2D eigenvalue weighted by Gasteiger charge is -2.11. The van der Waals surface area contributed by atoms with Crippen LogP contribution in [0.1, 0.15) is 16.1 Å². The maximum atomic E-state index is 12.6. The van der Waals surface area contributed by atoms with E-state index in [4.69, 9.17) is 9.47 Å². The quantitative estimate of drug-likeness (QED) is 0.432. The topological polar surface area (TPSA) is 64.9 Å². The van der Waals surface area contributed by atoms with E-state index < -0.39 is 0 Å². The Morgan fingerprint density at radius 3 is 2.57 bits per heavy atom. The molecule has 0 radical (unpaired) electrons. The molecule has 1 amide bonds. The number of nitrogens with one attached hydrogen (secondary N) is 1.